The van der Waals surface area contributed by atoms with Crippen LogP contribution >= 0.6 is 0 Å². The fourth-order valence-corrected chi connectivity index (χ4v) is 4.02. The third-order valence-electron chi connectivity index (χ3n) is 5.45. The summed E-state index contributed by atoms with van der Waals surface area (Å²) in [7, 11) is 0. The van der Waals surface area contributed by atoms with Gasteiger partial charge in [0.2, 0.25) is 0 Å². The van der Waals surface area contributed by atoms with Crippen LogP contribution in [-0.2, 0) is 16.0 Å². The Morgan fingerprint density at radius 3 is 2.31 bits per heavy atom. The fraction of sp³-hybridized carbons (Fsp3) is 0.154. The molecule has 2 N–H and O–H groups in total. The first-order valence-electron chi connectivity index (χ1n) is 10.3. The molecule has 0 saturated heterocycles. The number of nitrogens with one attached hydrogen (secondary N) is 1. The molecule has 1 aliphatic rings. The van der Waals surface area contributed by atoms with Gasteiger partial charge in [0.15, 0.2) is 0 Å². The number of amides is 1. The van der Waals surface area contributed by atoms with Crippen molar-refractivity contribution in [2.24, 2.45) is 0 Å². The number of rotatable bonds is 7. The molecule has 0 radical (unpaired) electrons. The number of carbonyl (C=O) groups is 2. The van der Waals surface area contributed by atoms with Gasteiger partial charge >= 0.3 is 12.1 Å². The highest BCUT2D eigenvalue weighted by molar-refractivity contribution is 5.79. The van der Waals surface area contributed by atoms with E-state index in [9.17, 15) is 14.0 Å². The van der Waals surface area contributed by atoms with Crippen LogP contribution in [0, 0.1) is 5.82 Å². The summed E-state index contributed by atoms with van der Waals surface area (Å²) in [6.07, 6.45) is 2.45. The summed E-state index contributed by atoms with van der Waals surface area (Å²) in [4.78, 5) is 23.2. The van der Waals surface area contributed by atoms with Crippen molar-refractivity contribution in [2.75, 3.05) is 13.2 Å². The first-order valence-corrected chi connectivity index (χ1v) is 10.3. The zero-order chi connectivity index (χ0) is 22.5. The lowest BCUT2D eigenvalue weighted by Gasteiger charge is -2.14. The number of alkyl carbamates (subject to hydrolysis) is 1. The quantitative estimate of drug-likeness (QED) is 0.552. The maximum atomic E-state index is 13.5. The second kappa shape index (κ2) is 9.47. The molecule has 0 aromatic heterocycles. The standard InChI is InChI=1S/C26H22FNO4/c27-19-12-11-18(15-25(29)30)17(14-19)6-5-13-28-26(31)32-16-24-22-9-3-1-7-20(22)21-8-2-4-10-23(21)24/h1-12,14,24H,13,15-16H2,(H,28,31)(H,29,30). The van der Waals surface area contributed by atoms with Crippen LogP contribution in [0.5, 0.6) is 0 Å². The Kier molecular flexibility index (Phi) is 6.31. The van der Waals surface area contributed by atoms with E-state index in [4.69, 9.17) is 9.84 Å². The minimum atomic E-state index is -0.997. The molecule has 0 aliphatic heterocycles. The van der Waals surface area contributed by atoms with Crippen LogP contribution in [0.4, 0.5) is 9.18 Å². The Morgan fingerprint density at radius 1 is 1.00 bits per heavy atom. The van der Waals surface area contributed by atoms with E-state index in [0.29, 0.717) is 11.1 Å². The van der Waals surface area contributed by atoms with Gasteiger partial charge in [-0.15, -0.1) is 0 Å². The molecule has 3 aromatic rings. The van der Waals surface area contributed by atoms with Crippen molar-refractivity contribution in [3.8, 4) is 11.1 Å². The molecule has 0 unspecified atom stereocenters. The molecule has 5 nitrogen and oxygen atoms in total. The molecule has 1 amide bonds. The van der Waals surface area contributed by atoms with Crippen molar-refractivity contribution < 1.29 is 23.8 Å². The minimum Gasteiger partial charge on any atom is -0.481 e. The largest absolute Gasteiger partial charge is 0.481 e. The second-order valence-electron chi connectivity index (χ2n) is 7.52. The number of ether oxygens (including phenoxy) is 1. The number of fused-ring (bicyclic) bond motifs is 3. The number of benzene rings is 3. The highest BCUT2D eigenvalue weighted by Crippen LogP contribution is 2.44. The average molecular weight is 431 g/mol. The monoisotopic (exact) mass is 431 g/mol. The summed E-state index contributed by atoms with van der Waals surface area (Å²) in [5.74, 6) is -1.47. The summed E-state index contributed by atoms with van der Waals surface area (Å²) >= 11 is 0. The normalized spacial score (nSPS) is 12.4. The number of carboxylic acids is 1. The fourth-order valence-electron chi connectivity index (χ4n) is 4.02. The predicted molar refractivity (Wildman–Crippen MR) is 120 cm³/mol. The van der Waals surface area contributed by atoms with Crippen molar-refractivity contribution >= 4 is 18.1 Å². The maximum Gasteiger partial charge on any atom is 0.407 e. The first-order chi connectivity index (χ1) is 15.5. The lowest BCUT2D eigenvalue weighted by atomic mass is 9.98. The van der Waals surface area contributed by atoms with Crippen LogP contribution in [0.2, 0.25) is 0 Å². The summed E-state index contributed by atoms with van der Waals surface area (Å²) in [6, 6.07) is 20.1. The smallest absolute Gasteiger partial charge is 0.407 e. The van der Waals surface area contributed by atoms with Gasteiger partial charge in [-0.3, -0.25) is 4.79 Å². The molecule has 0 atom stereocenters. The molecule has 4 rings (SSSR count). The molecule has 0 bridgehead atoms. The molecular weight excluding hydrogens is 409 g/mol. The Morgan fingerprint density at radius 2 is 1.66 bits per heavy atom. The molecule has 1 aliphatic carbocycles. The molecule has 162 valence electrons. The Balaban J connectivity index is 1.34. The van der Waals surface area contributed by atoms with Crippen molar-refractivity contribution in [1.29, 1.82) is 0 Å². The molecule has 6 heteroatoms. The zero-order valence-corrected chi connectivity index (χ0v) is 17.3. The zero-order valence-electron chi connectivity index (χ0n) is 17.3. The summed E-state index contributed by atoms with van der Waals surface area (Å²) in [5.41, 5.74) is 5.55. The number of carboxylic acid groups (broad SMARTS) is 1. The first kappa shape index (κ1) is 21.3. The van der Waals surface area contributed by atoms with E-state index in [1.54, 1.807) is 12.2 Å². The van der Waals surface area contributed by atoms with Crippen LogP contribution in [0.25, 0.3) is 17.2 Å². The average Bonchev–Trinajstić information content (AvgIpc) is 3.10. The predicted octanol–water partition coefficient (Wildman–Crippen LogP) is 5.00. The van der Waals surface area contributed by atoms with Gasteiger partial charge in [0.1, 0.15) is 12.4 Å². The second-order valence-corrected chi connectivity index (χ2v) is 7.52. The lowest BCUT2D eigenvalue weighted by molar-refractivity contribution is -0.136. The summed E-state index contributed by atoms with van der Waals surface area (Å²) < 4.78 is 19.0. The third-order valence-corrected chi connectivity index (χ3v) is 5.45. The highest BCUT2D eigenvalue weighted by atomic mass is 19.1. The van der Waals surface area contributed by atoms with Crippen molar-refractivity contribution in [1.82, 2.24) is 5.32 Å². The molecule has 0 saturated carbocycles. The molecule has 0 spiro atoms. The SMILES string of the molecule is O=C(O)Cc1ccc(F)cc1C=CCNC(=O)OCC1c2ccccc2-c2ccccc21. The lowest BCUT2D eigenvalue weighted by Crippen LogP contribution is -2.26. The molecule has 0 fully saturated rings. The topological polar surface area (TPSA) is 75.6 Å². The van der Waals surface area contributed by atoms with Gasteiger partial charge in [-0.05, 0) is 45.5 Å². The van der Waals surface area contributed by atoms with Gasteiger partial charge < -0.3 is 15.2 Å². The third kappa shape index (κ3) is 4.70. The van der Waals surface area contributed by atoms with Crippen LogP contribution in [-0.4, -0.2) is 30.3 Å². The summed E-state index contributed by atoms with van der Waals surface area (Å²) in [6.45, 7) is 0.385. The van der Waals surface area contributed by atoms with Crippen LogP contribution in [0.1, 0.15) is 28.2 Å². The van der Waals surface area contributed by atoms with Crippen molar-refractivity contribution in [2.45, 2.75) is 12.3 Å². The molecular formula is C26H22FNO4. The van der Waals surface area contributed by atoms with E-state index >= 15 is 0 Å². The number of carbonyl (C=O) groups excluding carboxylic acids is 1. The van der Waals surface area contributed by atoms with E-state index in [1.165, 1.54) is 18.2 Å². The van der Waals surface area contributed by atoms with Crippen LogP contribution < -0.4 is 5.32 Å². The van der Waals surface area contributed by atoms with Gasteiger partial charge in [-0.1, -0.05) is 66.7 Å². The Labute approximate surface area is 185 Å². The Bertz CT molecular complexity index is 1140. The van der Waals surface area contributed by atoms with Gasteiger partial charge in [-0.2, -0.15) is 0 Å². The van der Waals surface area contributed by atoms with E-state index < -0.39 is 17.9 Å². The molecule has 0 heterocycles. The van der Waals surface area contributed by atoms with E-state index in [2.05, 4.69) is 29.6 Å². The Hall–Kier alpha value is -3.93. The number of hydrogen-bond acceptors (Lipinski definition) is 3. The van der Waals surface area contributed by atoms with E-state index in [-0.39, 0.29) is 25.5 Å². The van der Waals surface area contributed by atoms with Gasteiger partial charge in [0.25, 0.3) is 0 Å². The highest BCUT2D eigenvalue weighted by Gasteiger charge is 2.28. The number of aliphatic carboxylic acids is 1. The minimum absolute atomic E-state index is 0.0189. The van der Waals surface area contributed by atoms with Gasteiger partial charge in [0.05, 0.1) is 6.42 Å². The van der Waals surface area contributed by atoms with E-state index in [1.807, 2.05) is 24.3 Å². The van der Waals surface area contributed by atoms with Crippen LogP contribution in [0.3, 0.4) is 0 Å². The maximum absolute atomic E-state index is 13.5. The number of hydrogen-bond donors (Lipinski definition) is 2. The van der Waals surface area contributed by atoms with Gasteiger partial charge in [-0.25, -0.2) is 9.18 Å². The molecule has 3 aromatic carbocycles. The van der Waals surface area contributed by atoms with E-state index in [0.717, 1.165) is 22.3 Å². The molecule has 32 heavy (non-hydrogen) atoms. The van der Waals surface area contributed by atoms with Crippen LogP contribution in [0.15, 0.2) is 72.8 Å². The van der Waals surface area contributed by atoms with Crippen molar-refractivity contribution in [3.05, 3.63) is 101 Å². The van der Waals surface area contributed by atoms with Gasteiger partial charge in [0, 0.05) is 12.5 Å². The summed E-state index contributed by atoms with van der Waals surface area (Å²) in [5, 5.41) is 11.6. The number of halogens is 1. The van der Waals surface area contributed by atoms with Crippen molar-refractivity contribution in [3.63, 3.8) is 0 Å².